The summed E-state index contributed by atoms with van der Waals surface area (Å²) in [5.74, 6) is -0.363. The van der Waals surface area contributed by atoms with Gasteiger partial charge in [-0.25, -0.2) is 4.68 Å². The Morgan fingerprint density at radius 1 is 0.969 bits per heavy atom. The number of hydrogen-bond donors (Lipinski definition) is 1. The number of benzene rings is 3. The normalized spacial score (nSPS) is 10.9. The molecule has 0 saturated carbocycles. The number of anilines is 1. The minimum absolute atomic E-state index is 0.174. The molecule has 0 fully saturated rings. The highest BCUT2D eigenvalue weighted by molar-refractivity contribution is 6.30. The Hall–Kier alpha value is -3.96. The van der Waals surface area contributed by atoms with Gasteiger partial charge in [-0.2, -0.15) is 5.10 Å². The topological polar surface area (TPSA) is 64.0 Å². The number of rotatable bonds is 6. The summed E-state index contributed by atoms with van der Waals surface area (Å²) in [7, 11) is 0. The maximum absolute atomic E-state index is 12.8. The number of hydrogen-bond acceptors (Lipinski definition) is 3. The molecule has 1 N–H and O–H groups in total. The van der Waals surface area contributed by atoms with Gasteiger partial charge in [0.15, 0.2) is 5.78 Å². The maximum Gasteiger partial charge on any atom is 0.221 e. The van der Waals surface area contributed by atoms with Gasteiger partial charge in [0.1, 0.15) is 0 Å². The Morgan fingerprint density at radius 3 is 2.44 bits per heavy atom. The fourth-order valence-corrected chi connectivity index (χ4v) is 3.40. The number of nitrogens with one attached hydrogen (secondary N) is 1. The number of nitrogens with zero attached hydrogens (tertiary/aromatic N) is 2. The Morgan fingerprint density at radius 2 is 1.72 bits per heavy atom. The molecule has 1 amide bonds. The molecule has 0 unspecified atom stereocenters. The van der Waals surface area contributed by atoms with E-state index in [1.807, 2.05) is 60.8 Å². The van der Waals surface area contributed by atoms with Crippen molar-refractivity contribution in [2.75, 3.05) is 5.32 Å². The lowest BCUT2D eigenvalue weighted by atomic mass is 10.1. The van der Waals surface area contributed by atoms with Crippen molar-refractivity contribution in [3.63, 3.8) is 0 Å². The van der Waals surface area contributed by atoms with Crippen LogP contribution in [0.1, 0.15) is 22.8 Å². The van der Waals surface area contributed by atoms with Crippen molar-refractivity contribution in [1.29, 1.82) is 0 Å². The second kappa shape index (κ2) is 9.45. The summed E-state index contributed by atoms with van der Waals surface area (Å²) in [6.45, 7) is 1.43. The van der Waals surface area contributed by atoms with E-state index in [1.54, 1.807) is 35.0 Å². The van der Waals surface area contributed by atoms with E-state index in [-0.39, 0.29) is 11.7 Å². The lowest BCUT2D eigenvalue weighted by Gasteiger charge is -2.03. The molecule has 6 heteroatoms. The minimum Gasteiger partial charge on any atom is -0.326 e. The SMILES string of the molecule is CC(=O)Nc1cccc(C(=O)/C=C/c2cn(-c3ccccc3)nc2-c2ccc(Cl)cc2)c1. The van der Waals surface area contributed by atoms with Crippen LogP contribution in [0.4, 0.5) is 5.69 Å². The number of carbonyl (C=O) groups is 2. The van der Waals surface area contributed by atoms with Crippen molar-refractivity contribution in [1.82, 2.24) is 9.78 Å². The van der Waals surface area contributed by atoms with Crippen LogP contribution in [0.3, 0.4) is 0 Å². The predicted molar refractivity (Wildman–Crippen MR) is 128 cm³/mol. The van der Waals surface area contributed by atoms with E-state index in [2.05, 4.69) is 5.32 Å². The summed E-state index contributed by atoms with van der Waals surface area (Å²) in [5.41, 5.74) is 4.40. The first-order chi connectivity index (χ1) is 15.5. The molecule has 5 nitrogen and oxygen atoms in total. The molecule has 3 aromatic carbocycles. The summed E-state index contributed by atoms with van der Waals surface area (Å²) < 4.78 is 1.78. The molecule has 158 valence electrons. The lowest BCUT2D eigenvalue weighted by Crippen LogP contribution is -2.06. The number of para-hydroxylation sites is 1. The second-order valence-corrected chi connectivity index (χ2v) is 7.62. The molecule has 0 bridgehead atoms. The molecule has 0 atom stereocenters. The van der Waals surface area contributed by atoms with Crippen LogP contribution in [0.5, 0.6) is 0 Å². The van der Waals surface area contributed by atoms with Gasteiger partial charge < -0.3 is 5.32 Å². The smallest absolute Gasteiger partial charge is 0.221 e. The van der Waals surface area contributed by atoms with E-state index in [0.29, 0.717) is 16.3 Å². The average Bonchev–Trinajstić information content (AvgIpc) is 3.22. The van der Waals surface area contributed by atoms with Crippen molar-refractivity contribution in [3.05, 3.63) is 107 Å². The molecule has 1 aromatic heterocycles. The van der Waals surface area contributed by atoms with Crippen molar-refractivity contribution in [2.24, 2.45) is 0 Å². The number of amides is 1. The zero-order valence-electron chi connectivity index (χ0n) is 17.3. The van der Waals surface area contributed by atoms with E-state index in [4.69, 9.17) is 16.7 Å². The first kappa shape index (κ1) is 21.3. The Balaban J connectivity index is 1.68. The van der Waals surface area contributed by atoms with Crippen LogP contribution < -0.4 is 5.32 Å². The van der Waals surface area contributed by atoms with Crippen molar-refractivity contribution >= 4 is 35.1 Å². The first-order valence-corrected chi connectivity index (χ1v) is 10.4. The van der Waals surface area contributed by atoms with Gasteiger partial charge in [-0.1, -0.05) is 54.1 Å². The van der Waals surface area contributed by atoms with Gasteiger partial charge in [-0.05, 0) is 48.6 Å². The fourth-order valence-electron chi connectivity index (χ4n) is 3.27. The summed E-state index contributed by atoms with van der Waals surface area (Å²) in [4.78, 5) is 24.1. The van der Waals surface area contributed by atoms with Gasteiger partial charge in [0, 0.05) is 40.5 Å². The lowest BCUT2D eigenvalue weighted by molar-refractivity contribution is -0.114. The van der Waals surface area contributed by atoms with Crippen LogP contribution in [0.15, 0.2) is 91.1 Å². The molecular formula is C26H20ClN3O2. The number of carbonyl (C=O) groups excluding carboxylic acids is 2. The van der Waals surface area contributed by atoms with Crippen LogP contribution in [0, 0.1) is 0 Å². The van der Waals surface area contributed by atoms with Crippen molar-refractivity contribution in [3.8, 4) is 16.9 Å². The third-order valence-electron chi connectivity index (χ3n) is 4.76. The van der Waals surface area contributed by atoms with E-state index >= 15 is 0 Å². The van der Waals surface area contributed by atoms with E-state index in [1.165, 1.54) is 13.0 Å². The van der Waals surface area contributed by atoms with Crippen LogP contribution >= 0.6 is 11.6 Å². The monoisotopic (exact) mass is 441 g/mol. The third-order valence-corrected chi connectivity index (χ3v) is 5.01. The first-order valence-electron chi connectivity index (χ1n) is 10.0. The zero-order chi connectivity index (χ0) is 22.5. The molecule has 4 aromatic rings. The molecule has 0 spiro atoms. The van der Waals surface area contributed by atoms with Gasteiger partial charge >= 0.3 is 0 Å². The Bertz CT molecular complexity index is 1290. The standard InChI is InChI=1S/C26H20ClN3O2/c1-18(31)28-23-7-5-6-20(16-23)25(32)15-12-21-17-30(24-8-3-2-4-9-24)29-26(21)19-10-13-22(27)14-11-19/h2-17H,1H3,(H,28,31)/b15-12+. The highest BCUT2D eigenvalue weighted by atomic mass is 35.5. The summed E-state index contributed by atoms with van der Waals surface area (Å²) >= 11 is 6.04. The molecule has 4 rings (SSSR count). The molecule has 0 radical (unpaired) electrons. The molecule has 0 aliphatic carbocycles. The van der Waals surface area contributed by atoms with Gasteiger partial charge in [0.2, 0.25) is 5.91 Å². The average molecular weight is 442 g/mol. The highest BCUT2D eigenvalue weighted by Crippen LogP contribution is 2.26. The highest BCUT2D eigenvalue weighted by Gasteiger charge is 2.12. The summed E-state index contributed by atoms with van der Waals surface area (Å²) in [6, 6.07) is 24.0. The third kappa shape index (κ3) is 5.02. The zero-order valence-corrected chi connectivity index (χ0v) is 18.1. The minimum atomic E-state index is -0.189. The molecule has 0 aliphatic heterocycles. The summed E-state index contributed by atoms with van der Waals surface area (Å²) in [5, 5.41) is 8.07. The Kier molecular flexibility index (Phi) is 6.29. The van der Waals surface area contributed by atoms with Gasteiger partial charge in [0.25, 0.3) is 0 Å². The van der Waals surface area contributed by atoms with Crippen LogP contribution in [-0.2, 0) is 4.79 Å². The molecule has 1 heterocycles. The quantitative estimate of drug-likeness (QED) is 0.292. The number of aromatic nitrogens is 2. The van der Waals surface area contributed by atoms with Gasteiger partial charge in [-0.3, -0.25) is 9.59 Å². The van der Waals surface area contributed by atoms with Crippen LogP contribution in [0.2, 0.25) is 5.02 Å². The maximum atomic E-state index is 12.8. The van der Waals surface area contributed by atoms with E-state index < -0.39 is 0 Å². The van der Waals surface area contributed by atoms with Crippen molar-refractivity contribution < 1.29 is 9.59 Å². The molecule has 0 saturated heterocycles. The largest absolute Gasteiger partial charge is 0.326 e. The fraction of sp³-hybridized carbons (Fsp3) is 0.0385. The van der Waals surface area contributed by atoms with Gasteiger partial charge in [0.05, 0.1) is 11.4 Å². The van der Waals surface area contributed by atoms with Crippen molar-refractivity contribution in [2.45, 2.75) is 6.92 Å². The predicted octanol–water partition coefficient (Wildman–Crippen LogP) is 6.05. The van der Waals surface area contributed by atoms with Crippen LogP contribution in [0.25, 0.3) is 23.0 Å². The molecular weight excluding hydrogens is 422 g/mol. The number of allylic oxidation sites excluding steroid dienone is 1. The number of ketones is 1. The Labute approximate surface area is 191 Å². The molecule has 32 heavy (non-hydrogen) atoms. The summed E-state index contributed by atoms with van der Waals surface area (Å²) in [6.07, 6.45) is 5.15. The molecule has 0 aliphatic rings. The second-order valence-electron chi connectivity index (χ2n) is 7.18. The number of halogens is 1. The van der Waals surface area contributed by atoms with E-state index in [9.17, 15) is 9.59 Å². The van der Waals surface area contributed by atoms with Crippen LogP contribution in [-0.4, -0.2) is 21.5 Å². The van der Waals surface area contributed by atoms with Gasteiger partial charge in [-0.15, -0.1) is 0 Å². The van der Waals surface area contributed by atoms with E-state index in [0.717, 1.165) is 22.5 Å².